The maximum absolute atomic E-state index is 10.9. The molecule has 0 fully saturated rings. The molecule has 5 heteroatoms. The lowest BCUT2D eigenvalue weighted by atomic mass is 10.1. The SMILES string of the molecule is CC(NCc1ccc(C(N)=O)cc1)c1cn[nH]c1. The lowest BCUT2D eigenvalue weighted by molar-refractivity contribution is 0.100. The number of nitrogens with zero attached hydrogens (tertiary/aromatic N) is 1. The standard InChI is InChI=1S/C13H16N4O/c1-9(12-7-16-17-8-12)15-6-10-2-4-11(5-3-10)13(14)18/h2-5,7-9,15H,6H2,1H3,(H2,14,18)(H,16,17). The van der Waals surface area contributed by atoms with Gasteiger partial charge in [-0.15, -0.1) is 0 Å². The molecule has 2 rings (SSSR count). The Hall–Kier alpha value is -2.14. The number of aromatic amines is 1. The van der Waals surface area contributed by atoms with Crippen molar-refractivity contribution >= 4 is 5.91 Å². The normalized spacial score (nSPS) is 12.3. The summed E-state index contributed by atoms with van der Waals surface area (Å²) >= 11 is 0. The molecule has 0 spiro atoms. The molecule has 0 radical (unpaired) electrons. The molecule has 1 atom stereocenters. The topological polar surface area (TPSA) is 83.8 Å². The molecule has 1 heterocycles. The molecule has 1 aromatic carbocycles. The summed E-state index contributed by atoms with van der Waals surface area (Å²) in [5.74, 6) is -0.402. The number of hydrogen-bond acceptors (Lipinski definition) is 3. The van der Waals surface area contributed by atoms with Crippen molar-refractivity contribution in [2.45, 2.75) is 19.5 Å². The maximum atomic E-state index is 10.9. The van der Waals surface area contributed by atoms with Crippen molar-refractivity contribution in [2.75, 3.05) is 0 Å². The largest absolute Gasteiger partial charge is 0.366 e. The van der Waals surface area contributed by atoms with Gasteiger partial charge in [-0.05, 0) is 24.6 Å². The molecule has 18 heavy (non-hydrogen) atoms. The van der Waals surface area contributed by atoms with Crippen molar-refractivity contribution in [3.05, 3.63) is 53.3 Å². The zero-order valence-electron chi connectivity index (χ0n) is 10.2. The van der Waals surface area contributed by atoms with Crippen molar-refractivity contribution in [2.24, 2.45) is 5.73 Å². The second-order valence-electron chi connectivity index (χ2n) is 4.20. The van der Waals surface area contributed by atoms with E-state index in [0.717, 1.165) is 17.7 Å². The van der Waals surface area contributed by atoms with Crippen LogP contribution in [0.25, 0.3) is 0 Å². The molecule has 1 unspecified atom stereocenters. The van der Waals surface area contributed by atoms with E-state index in [-0.39, 0.29) is 6.04 Å². The van der Waals surface area contributed by atoms with E-state index in [0.29, 0.717) is 5.56 Å². The van der Waals surface area contributed by atoms with Crippen LogP contribution < -0.4 is 11.1 Å². The van der Waals surface area contributed by atoms with Gasteiger partial charge in [0.15, 0.2) is 0 Å². The van der Waals surface area contributed by atoms with Gasteiger partial charge in [0, 0.05) is 29.9 Å². The first-order valence-electron chi connectivity index (χ1n) is 5.77. The first kappa shape index (κ1) is 12.3. The molecule has 0 aliphatic rings. The summed E-state index contributed by atoms with van der Waals surface area (Å²) in [5, 5.41) is 10.1. The Labute approximate surface area is 105 Å². The van der Waals surface area contributed by atoms with Crippen molar-refractivity contribution in [1.29, 1.82) is 0 Å². The summed E-state index contributed by atoms with van der Waals surface area (Å²) in [6, 6.07) is 7.49. The highest BCUT2D eigenvalue weighted by Gasteiger charge is 2.06. The summed E-state index contributed by atoms with van der Waals surface area (Å²) in [6.07, 6.45) is 3.67. The van der Waals surface area contributed by atoms with Gasteiger partial charge in [0.1, 0.15) is 0 Å². The van der Waals surface area contributed by atoms with Gasteiger partial charge in [0.25, 0.3) is 0 Å². The monoisotopic (exact) mass is 244 g/mol. The number of benzene rings is 1. The second kappa shape index (κ2) is 5.46. The number of aromatic nitrogens is 2. The number of amides is 1. The molecule has 2 aromatic rings. The molecule has 4 N–H and O–H groups in total. The third kappa shape index (κ3) is 2.95. The molecule has 94 valence electrons. The molecule has 0 aliphatic carbocycles. The molecule has 5 nitrogen and oxygen atoms in total. The molecule has 1 aromatic heterocycles. The van der Waals surface area contributed by atoms with Crippen LogP contribution in [0, 0.1) is 0 Å². The van der Waals surface area contributed by atoms with Crippen LogP contribution >= 0.6 is 0 Å². The number of hydrogen-bond donors (Lipinski definition) is 3. The molecular formula is C13H16N4O. The average Bonchev–Trinajstić information content (AvgIpc) is 2.90. The predicted molar refractivity (Wildman–Crippen MR) is 68.8 cm³/mol. The Morgan fingerprint density at radius 1 is 1.44 bits per heavy atom. The minimum Gasteiger partial charge on any atom is -0.366 e. The van der Waals surface area contributed by atoms with Gasteiger partial charge in [-0.1, -0.05) is 12.1 Å². The number of nitrogens with one attached hydrogen (secondary N) is 2. The fraction of sp³-hybridized carbons (Fsp3) is 0.231. The van der Waals surface area contributed by atoms with Gasteiger partial charge >= 0.3 is 0 Å². The number of carbonyl (C=O) groups is 1. The second-order valence-corrected chi connectivity index (χ2v) is 4.20. The van der Waals surface area contributed by atoms with E-state index in [4.69, 9.17) is 5.73 Å². The van der Waals surface area contributed by atoms with Crippen LogP contribution in [0.3, 0.4) is 0 Å². The summed E-state index contributed by atoms with van der Waals surface area (Å²) in [5.41, 5.74) is 7.94. The molecule has 0 bridgehead atoms. The Balaban J connectivity index is 1.92. The number of carbonyl (C=O) groups excluding carboxylic acids is 1. The number of nitrogens with two attached hydrogens (primary N) is 1. The Morgan fingerprint density at radius 3 is 2.72 bits per heavy atom. The van der Waals surface area contributed by atoms with E-state index in [1.807, 2.05) is 18.3 Å². The zero-order valence-corrected chi connectivity index (χ0v) is 10.2. The third-order valence-corrected chi connectivity index (χ3v) is 2.87. The van der Waals surface area contributed by atoms with Crippen molar-refractivity contribution in [3.63, 3.8) is 0 Å². The van der Waals surface area contributed by atoms with Crippen LogP contribution in [-0.4, -0.2) is 16.1 Å². The Kier molecular flexibility index (Phi) is 3.74. The predicted octanol–water partition coefficient (Wildman–Crippen LogP) is 1.36. The van der Waals surface area contributed by atoms with Gasteiger partial charge < -0.3 is 11.1 Å². The molecule has 0 aliphatic heterocycles. The smallest absolute Gasteiger partial charge is 0.248 e. The lowest BCUT2D eigenvalue weighted by Gasteiger charge is -2.11. The van der Waals surface area contributed by atoms with Gasteiger partial charge in [-0.25, -0.2) is 0 Å². The summed E-state index contributed by atoms with van der Waals surface area (Å²) < 4.78 is 0. The Morgan fingerprint density at radius 2 is 2.17 bits per heavy atom. The Bertz CT molecular complexity index is 504. The number of rotatable bonds is 5. The molecule has 0 saturated carbocycles. The van der Waals surface area contributed by atoms with E-state index in [1.54, 1.807) is 18.3 Å². The highest BCUT2D eigenvalue weighted by Crippen LogP contribution is 2.11. The van der Waals surface area contributed by atoms with Crippen LogP contribution in [0.2, 0.25) is 0 Å². The van der Waals surface area contributed by atoms with Crippen LogP contribution in [0.15, 0.2) is 36.7 Å². The highest BCUT2D eigenvalue weighted by atomic mass is 16.1. The summed E-state index contributed by atoms with van der Waals surface area (Å²) in [7, 11) is 0. The quantitative estimate of drug-likeness (QED) is 0.742. The van der Waals surface area contributed by atoms with Crippen molar-refractivity contribution < 1.29 is 4.79 Å². The van der Waals surface area contributed by atoms with Crippen LogP contribution in [0.4, 0.5) is 0 Å². The average molecular weight is 244 g/mol. The fourth-order valence-electron chi connectivity index (χ4n) is 1.67. The first-order chi connectivity index (χ1) is 8.66. The van der Waals surface area contributed by atoms with Gasteiger partial charge in [0.05, 0.1) is 6.20 Å². The van der Waals surface area contributed by atoms with Crippen LogP contribution in [0.1, 0.15) is 34.5 Å². The van der Waals surface area contributed by atoms with Crippen molar-refractivity contribution in [3.8, 4) is 0 Å². The van der Waals surface area contributed by atoms with E-state index >= 15 is 0 Å². The van der Waals surface area contributed by atoms with Gasteiger partial charge in [-0.2, -0.15) is 5.10 Å². The number of H-pyrrole nitrogens is 1. The highest BCUT2D eigenvalue weighted by molar-refractivity contribution is 5.92. The summed E-state index contributed by atoms with van der Waals surface area (Å²) in [6.45, 7) is 2.80. The van der Waals surface area contributed by atoms with Crippen LogP contribution in [-0.2, 0) is 6.54 Å². The lowest BCUT2D eigenvalue weighted by Crippen LogP contribution is -2.18. The summed E-state index contributed by atoms with van der Waals surface area (Å²) in [4.78, 5) is 10.9. The zero-order chi connectivity index (χ0) is 13.0. The molecular weight excluding hydrogens is 228 g/mol. The third-order valence-electron chi connectivity index (χ3n) is 2.87. The minimum absolute atomic E-state index is 0.222. The van der Waals surface area contributed by atoms with E-state index in [2.05, 4.69) is 22.4 Å². The maximum Gasteiger partial charge on any atom is 0.248 e. The van der Waals surface area contributed by atoms with Crippen LogP contribution in [0.5, 0.6) is 0 Å². The van der Waals surface area contributed by atoms with Gasteiger partial charge in [-0.3, -0.25) is 9.89 Å². The molecule has 1 amide bonds. The van der Waals surface area contributed by atoms with Gasteiger partial charge in [0.2, 0.25) is 5.91 Å². The first-order valence-corrected chi connectivity index (χ1v) is 5.77. The van der Waals surface area contributed by atoms with E-state index in [1.165, 1.54) is 0 Å². The number of primary amides is 1. The van der Waals surface area contributed by atoms with Crippen molar-refractivity contribution in [1.82, 2.24) is 15.5 Å². The fourth-order valence-corrected chi connectivity index (χ4v) is 1.67. The van der Waals surface area contributed by atoms with E-state index in [9.17, 15) is 4.79 Å². The molecule has 0 saturated heterocycles. The van der Waals surface area contributed by atoms with E-state index < -0.39 is 5.91 Å². The minimum atomic E-state index is -0.402.